The van der Waals surface area contributed by atoms with Crippen LogP contribution < -0.4 is 5.32 Å². The van der Waals surface area contributed by atoms with E-state index in [1.54, 1.807) is 16.8 Å². The molecule has 1 N–H and O–H groups in total. The largest absolute Gasteiger partial charge is 0.359 e. The van der Waals surface area contributed by atoms with Crippen molar-refractivity contribution in [3.8, 4) is 22.5 Å². The van der Waals surface area contributed by atoms with Gasteiger partial charge in [0.2, 0.25) is 0 Å². The van der Waals surface area contributed by atoms with E-state index in [-0.39, 0.29) is 5.82 Å². The third-order valence-electron chi connectivity index (χ3n) is 4.47. The van der Waals surface area contributed by atoms with Gasteiger partial charge in [-0.15, -0.1) is 0 Å². The maximum absolute atomic E-state index is 14.3. The zero-order valence-corrected chi connectivity index (χ0v) is 16.2. The van der Waals surface area contributed by atoms with Gasteiger partial charge >= 0.3 is 0 Å². The number of rotatable bonds is 5. The Labute approximate surface area is 160 Å². The van der Waals surface area contributed by atoms with Crippen LogP contribution in [0.15, 0.2) is 42.6 Å². The van der Waals surface area contributed by atoms with Crippen LogP contribution in [0.2, 0.25) is 0 Å². The van der Waals surface area contributed by atoms with Gasteiger partial charge in [0.1, 0.15) is 21.9 Å². The summed E-state index contributed by atoms with van der Waals surface area (Å²) >= 11 is 1.53. The molecule has 138 valence electrons. The van der Waals surface area contributed by atoms with Crippen molar-refractivity contribution in [1.82, 2.24) is 19.7 Å². The molecule has 1 aromatic carbocycles. The number of benzene rings is 1. The predicted molar refractivity (Wildman–Crippen MR) is 108 cm³/mol. The van der Waals surface area contributed by atoms with E-state index in [2.05, 4.69) is 29.2 Å². The van der Waals surface area contributed by atoms with Gasteiger partial charge in [0, 0.05) is 30.4 Å². The summed E-state index contributed by atoms with van der Waals surface area (Å²) in [5.74, 6) is -0.295. The Morgan fingerprint density at radius 3 is 2.74 bits per heavy atom. The summed E-state index contributed by atoms with van der Waals surface area (Å²) in [6.07, 6.45) is 2.89. The highest BCUT2D eigenvalue weighted by molar-refractivity contribution is 7.21. The fraction of sp³-hybridized carbons (Fsp3) is 0.250. The molecule has 7 heteroatoms. The van der Waals surface area contributed by atoms with Crippen LogP contribution in [0, 0.1) is 5.82 Å². The highest BCUT2D eigenvalue weighted by Crippen LogP contribution is 2.33. The van der Waals surface area contributed by atoms with Gasteiger partial charge in [0.05, 0.1) is 5.69 Å². The molecule has 0 saturated carbocycles. The van der Waals surface area contributed by atoms with Crippen molar-refractivity contribution in [2.24, 2.45) is 7.05 Å². The van der Waals surface area contributed by atoms with E-state index in [0.717, 1.165) is 33.2 Å². The Hall–Kier alpha value is -2.80. The number of aryl methyl sites for hydroxylation is 1. The van der Waals surface area contributed by atoms with Crippen LogP contribution in [-0.2, 0) is 7.05 Å². The van der Waals surface area contributed by atoms with Gasteiger partial charge in [-0.2, -0.15) is 5.10 Å². The van der Waals surface area contributed by atoms with Gasteiger partial charge < -0.3 is 5.32 Å². The lowest BCUT2D eigenvalue weighted by Crippen LogP contribution is -2.12. The van der Waals surface area contributed by atoms with Crippen molar-refractivity contribution >= 4 is 26.8 Å². The number of anilines is 1. The van der Waals surface area contributed by atoms with E-state index in [0.29, 0.717) is 17.3 Å². The van der Waals surface area contributed by atoms with Crippen LogP contribution in [0.25, 0.3) is 32.9 Å². The summed E-state index contributed by atoms with van der Waals surface area (Å²) in [5.41, 5.74) is 3.47. The van der Waals surface area contributed by atoms with E-state index in [1.165, 1.54) is 17.4 Å². The minimum Gasteiger partial charge on any atom is -0.359 e. The van der Waals surface area contributed by atoms with Crippen molar-refractivity contribution in [2.45, 2.75) is 26.3 Å². The number of halogens is 1. The minimum atomic E-state index is -0.295. The van der Waals surface area contributed by atoms with Crippen molar-refractivity contribution in [2.75, 3.05) is 5.32 Å². The first kappa shape index (κ1) is 17.6. The number of aromatic nitrogens is 4. The molecule has 4 aromatic rings. The molecule has 1 atom stereocenters. The summed E-state index contributed by atoms with van der Waals surface area (Å²) in [7, 11) is 1.83. The Bertz CT molecular complexity index is 1100. The van der Waals surface area contributed by atoms with E-state index < -0.39 is 0 Å². The Morgan fingerprint density at radius 2 is 1.96 bits per heavy atom. The van der Waals surface area contributed by atoms with Crippen LogP contribution in [-0.4, -0.2) is 25.8 Å². The third kappa shape index (κ3) is 3.42. The Morgan fingerprint density at radius 1 is 1.15 bits per heavy atom. The lowest BCUT2D eigenvalue weighted by atomic mass is 10.1. The van der Waals surface area contributed by atoms with E-state index in [1.807, 2.05) is 31.4 Å². The molecule has 5 nitrogen and oxygen atoms in total. The second-order valence-corrected chi connectivity index (χ2v) is 7.52. The third-order valence-corrected chi connectivity index (χ3v) is 5.37. The number of nitrogens with one attached hydrogen (secondary N) is 1. The number of nitrogens with zero attached hydrogens (tertiary/aromatic N) is 4. The maximum atomic E-state index is 14.3. The Kier molecular flexibility index (Phi) is 4.61. The van der Waals surface area contributed by atoms with Gasteiger partial charge in [0.25, 0.3) is 0 Å². The topological polar surface area (TPSA) is 55.6 Å². The molecule has 0 saturated heterocycles. The predicted octanol–water partition coefficient (Wildman–Crippen LogP) is 5.11. The first-order chi connectivity index (χ1) is 13.0. The monoisotopic (exact) mass is 381 g/mol. The minimum absolute atomic E-state index is 0.295. The SMILES string of the molecule is CC[C@H](C)Nc1nc2ccc(-c3cn(C)nc3-c3ccccc3F)nc2s1. The van der Waals surface area contributed by atoms with Crippen LogP contribution in [0.5, 0.6) is 0 Å². The average molecular weight is 381 g/mol. The highest BCUT2D eigenvalue weighted by Gasteiger charge is 2.17. The molecule has 0 spiro atoms. The molecular weight excluding hydrogens is 361 g/mol. The normalized spacial score (nSPS) is 12.4. The molecule has 0 amide bonds. The molecule has 0 radical (unpaired) electrons. The fourth-order valence-electron chi connectivity index (χ4n) is 2.87. The van der Waals surface area contributed by atoms with Crippen molar-refractivity contribution in [1.29, 1.82) is 0 Å². The first-order valence-corrected chi connectivity index (χ1v) is 9.70. The molecule has 0 unspecified atom stereocenters. The van der Waals surface area contributed by atoms with Crippen LogP contribution in [0.4, 0.5) is 9.52 Å². The van der Waals surface area contributed by atoms with Gasteiger partial charge in [-0.25, -0.2) is 14.4 Å². The lowest BCUT2D eigenvalue weighted by Gasteiger charge is -2.08. The molecule has 0 fully saturated rings. The molecule has 3 heterocycles. The number of hydrogen-bond acceptors (Lipinski definition) is 5. The number of fused-ring (bicyclic) bond motifs is 1. The number of hydrogen-bond donors (Lipinski definition) is 1. The van der Waals surface area contributed by atoms with Gasteiger partial charge in [-0.1, -0.05) is 30.4 Å². The van der Waals surface area contributed by atoms with Gasteiger partial charge in [0.15, 0.2) is 5.13 Å². The molecule has 0 bridgehead atoms. The van der Waals surface area contributed by atoms with Crippen molar-refractivity contribution < 1.29 is 4.39 Å². The number of pyridine rings is 1. The zero-order valence-electron chi connectivity index (χ0n) is 15.4. The lowest BCUT2D eigenvalue weighted by molar-refractivity contribution is 0.630. The second-order valence-electron chi connectivity index (χ2n) is 6.54. The Balaban J connectivity index is 1.78. The summed E-state index contributed by atoms with van der Waals surface area (Å²) < 4.78 is 16.0. The summed E-state index contributed by atoms with van der Waals surface area (Å²) in [6.45, 7) is 4.26. The van der Waals surface area contributed by atoms with Crippen LogP contribution >= 0.6 is 11.3 Å². The molecule has 0 aliphatic heterocycles. The first-order valence-electron chi connectivity index (χ1n) is 8.88. The van der Waals surface area contributed by atoms with Crippen LogP contribution in [0.3, 0.4) is 0 Å². The summed E-state index contributed by atoms with van der Waals surface area (Å²) in [4.78, 5) is 10.2. The summed E-state index contributed by atoms with van der Waals surface area (Å²) in [6, 6.07) is 10.9. The van der Waals surface area contributed by atoms with Crippen molar-refractivity contribution in [3.63, 3.8) is 0 Å². The molecule has 0 aliphatic carbocycles. The van der Waals surface area contributed by atoms with Crippen molar-refractivity contribution in [3.05, 3.63) is 48.4 Å². The molecule has 0 aliphatic rings. The van der Waals surface area contributed by atoms with E-state index >= 15 is 0 Å². The molecular formula is C20H20FN5S. The van der Waals surface area contributed by atoms with Crippen LogP contribution in [0.1, 0.15) is 20.3 Å². The number of thiazole rings is 1. The smallest absolute Gasteiger partial charge is 0.185 e. The maximum Gasteiger partial charge on any atom is 0.185 e. The summed E-state index contributed by atoms with van der Waals surface area (Å²) in [5, 5.41) is 8.72. The molecule has 3 aromatic heterocycles. The molecule has 27 heavy (non-hydrogen) atoms. The van der Waals surface area contributed by atoms with Gasteiger partial charge in [-0.3, -0.25) is 4.68 Å². The van der Waals surface area contributed by atoms with E-state index in [4.69, 9.17) is 4.98 Å². The average Bonchev–Trinajstić information content (AvgIpc) is 3.23. The highest BCUT2D eigenvalue weighted by atomic mass is 32.1. The standard InChI is InChI=1S/C20H20FN5S/c1-4-12(2)22-20-24-17-10-9-16(23-19(17)27-20)14-11-26(3)25-18(14)13-7-5-6-8-15(13)21/h5-12H,4H2,1-3H3,(H,22,24)/t12-/m0/s1. The fourth-order valence-corrected chi connectivity index (χ4v) is 3.82. The van der Waals surface area contributed by atoms with Gasteiger partial charge in [-0.05, 0) is 37.6 Å². The second kappa shape index (κ2) is 7.08. The van der Waals surface area contributed by atoms with E-state index in [9.17, 15) is 4.39 Å². The quantitative estimate of drug-likeness (QED) is 0.522. The zero-order chi connectivity index (χ0) is 19.0. The molecule has 4 rings (SSSR count).